The highest BCUT2D eigenvalue weighted by Gasteiger charge is 2.41. The van der Waals surface area contributed by atoms with Crippen LogP contribution in [0.1, 0.15) is 36.9 Å². The van der Waals surface area contributed by atoms with Gasteiger partial charge in [-0.15, -0.1) is 0 Å². The molecule has 2 aliphatic rings. The van der Waals surface area contributed by atoms with Crippen molar-refractivity contribution in [2.75, 3.05) is 39.9 Å². The average Bonchev–Trinajstić information content (AvgIpc) is 2.97. The number of benzene rings is 1. The molecular formula is C23H33N3O2. The Morgan fingerprint density at radius 2 is 2.04 bits per heavy atom. The molecule has 5 heteroatoms. The first-order valence-electron chi connectivity index (χ1n) is 10.5. The van der Waals surface area contributed by atoms with E-state index in [0.29, 0.717) is 18.9 Å². The molecule has 0 radical (unpaired) electrons. The first kappa shape index (κ1) is 19.5. The Morgan fingerprint density at radius 1 is 1.18 bits per heavy atom. The summed E-state index contributed by atoms with van der Waals surface area (Å²) in [6, 6.07) is 9.04. The maximum Gasteiger partial charge on any atom is 0.222 e. The third-order valence-electron chi connectivity index (χ3n) is 6.74. The Bertz CT molecular complexity index is 859. The Labute approximate surface area is 168 Å². The van der Waals surface area contributed by atoms with Crippen molar-refractivity contribution in [1.82, 2.24) is 14.4 Å². The monoisotopic (exact) mass is 383 g/mol. The van der Waals surface area contributed by atoms with Crippen LogP contribution in [0.4, 0.5) is 0 Å². The largest absolute Gasteiger partial charge is 0.383 e. The lowest BCUT2D eigenvalue weighted by atomic mass is 9.73. The van der Waals surface area contributed by atoms with Gasteiger partial charge < -0.3 is 14.2 Å². The fourth-order valence-corrected chi connectivity index (χ4v) is 5.19. The highest BCUT2D eigenvalue weighted by molar-refractivity contribution is 5.82. The Hall–Kier alpha value is -1.85. The molecule has 152 valence electrons. The van der Waals surface area contributed by atoms with E-state index >= 15 is 0 Å². The number of aromatic nitrogens is 1. The van der Waals surface area contributed by atoms with Crippen molar-refractivity contribution in [1.29, 1.82) is 0 Å². The molecule has 3 heterocycles. The molecule has 2 fully saturated rings. The summed E-state index contributed by atoms with van der Waals surface area (Å²) in [6.07, 6.45) is 4.16. The summed E-state index contributed by atoms with van der Waals surface area (Å²) in [5, 5.41) is 1.33. The Balaban J connectivity index is 1.48. The molecule has 0 unspecified atom stereocenters. The summed E-state index contributed by atoms with van der Waals surface area (Å²) in [7, 11) is 3.89. The molecule has 0 saturated carbocycles. The van der Waals surface area contributed by atoms with Gasteiger partial charge in [0, 0.05) is 68.8 Å². The minimum atomic E-state index is 0.251. The van der Waals surface area contributed by atoms with Crippen molar-refractivity contribution in [3.05, 3.63) is 35.5 Å². The molecule has 0 aliphatic carbocycles. The third kappa shape index (κ3) is 3.83. The van der Waals surface area contributed by atoms with Crippen LogP contribution in [0.25, 0.3) is 10.9 Å². The van der Waals surface area contributed by atoms with Crippen LogP contribution in [0.2, 0.25) is 0 Å². The van der Waals surface area contributed by atoms with E-state index < -0.39 is 0 Å². The number of hydrogen-bond donors (Lipinski definition) is 0. The lowest BCUT2D eigenvalue weighted by Gasteiger charge is -2.48. The van der Waals surface area contributed by atoms with Crippen LogP contribution in [-0.2, 0) is 23.1 Å². The SMILES string of the molecule is COCCN1C[C@@]2(CCCN(Cc3cc4cc(C)ccc4n3C)C2)CCC1=O. The number of aryl methyl sites for hydroxylation is 2. The van der Waals surface area contributed by atoms with Crippen molar-refractivity contribution >= 4 is 16.8 Å². The van der Waals surface area contributed by atoms with Crippen LogP contribution in [-0.4, -0.2) is 60.2 Å². The van der Waals surface area contributed by atoms with Crippen molar-refractivity contribution in [3.63, 3.8) is 0 Å². The number of ether oxygens (including phenoxy) is 1. The molecule has 2 aliphatic heterocycles. The average molecular weight is 384 g/mol. The molecule has 1 aromatic heterocycles. The van der Waals surface area contributed by atoms with Gasteiger partial charge in [-0.1, -0.05) is 11.6 Å². The lowest BCUT2D eigenvalue weighted by Crippen LogP contribution is -2.54. The summed E-state index contributed by atoms with van der Waals surface area (Å²) in [5.41, 5.74) is 4.24. The number of piperidine rings is 2. The number of carbonyl (C=O) groups excluding carboxylic acids is 1. The summed E-state index contributed by atoms with van der Waals surface area (Å²) >= 11 is 0. The van der Waals surface area contributed by atoms with E-state index in [0.717, 1.165) is 39.1 Å². The van der Waals surface area contributed by atoms with E-state index in [9.17, 15) is 4.79 Å². The van der Waals surface area contributed by atoms with Crippen molar-refractivity contribution in [2.45, 2.75) is 39.2 Å². The van der Waals surface area contributed by atoms with Crippen molar-refractivity contribution in [3.8, 4) is 0 Å². The Kier molecular flexibility index (Phi) is 5.48. The van der Waals surface area contributed by atoms with Crippen LogP contribution < -0.4 is 0 Å². The molecule has 1 amide bonds. The van der Waals surface area contributed by atoms with E-state index in [4.69, 9.17) is 4.74 Å². The summed E-state index contributed by atoms with van der Waals surface area (Å²) in [5.74, 6) is 0.295. The molecule has 1 aromatic carbocycles. The summed E-state index contributed by atoms with van der Waals surface area (Å²) < 4.78 is 7.55. The number of likely N-dealkylation sites (tertiary alicyclic amines) is 2. The fraction of sp³-hybridized carbons (Fsp3) is 0.609. The molecule has 0 bridgehead atoms. The fourth-order valence-electron chi connectivity index (χ4n) is 5.19. The predicted molar refractivity (Wildman–Crippen MR) is 112 cm³/mol. The topological polar surface area (TPSA) is 37.7 Å². The highest BCUT2D eigenvalue weighted by atomic mass is 16.5. The van der Waals surface area contributed by atoms with Crippen molar-refractivity contribution in [2.24, 2.45) is 12.5 Å². The summed E-state index contributed by atoms with van der Waals surface area (Å²) in [6.45, 7) is 7.61. The Morgan fingerprint density at radius 3 is 2.86 bits per heavy atom. The van der Waals surface area contributed by atoms with Gasteiger partial charge >= 0.3 is 0 Å². The highest BCUT2D eigenvalue weighted by Crippen LogP contribution is 2.39. The maximum atomic E-state index is 12.3. The number of amides is 1. The second-order valence-corrected chi connectivity index (χ2v) is 8.88. The van der Waals surface area contributed by atoms with Gasteiger partial charge in [0.25, 0.3) is 0 Å². The van der Waals surface area contributed by atoms with E-state index in [1.807, 2.05) is 4.90 Å². The van der Waals surface area contributed by atoms with Crippen LogP contribution in [0.5, 0.6) is 0 Å². The van der Waals surface area contributed by atoms with Gasteiger partial charge in [0.15, 0.2) is 0 Å². The van der Waals surface area contributed by atoms with E-state index in [1.54, 1.807) is 7.11 Å². The molecule has 0 N–H and O–H groups in total. The first-order chi connectivity index (χ1) is 13.5. The van der Waals surface area contributed by atoms with Gasteiger partial charge in [0.2, 0.25) is 5.91 Å². The third-order valence-corrected chi connectivity index (χ3v) is 6.74. The van der Waals surface area contributed by atoms with Gasteiger partial charge in [0.05, 0.1) is 6.61 Å². The zero-order chi connectivity index (χ0) is 19.7. The van der Waals surface area contributed by atoms with Crippen LogP contribution in [0.15, 0.2) is 24.3 Å². The van der Waals surface area contributed by atoms with E-state index in [-0.39, 0.29) is 5.41 Å². The standard InChI is InChI=1S/C23H33N3O2/c1-18-5-6-21-19(13-18)14-20(24(21)2)15-25-10-4-8-23(16-25)9-7-22(27)26(17-23)11-12-28-3/h5-6,13-14H,4,7-12,15-17H2,1-3H3/t23-/m0/s1. The second-order valence-electron chi connectivity index (χ2n) is 8.88. The predicted octanol–water partition coefficient (Wildman–Crippen LogP) is 3.34. The normalized spacial score (nSPS) is 23.8. The molecular weight excluding hydrogens is 350 g/mol. The number of fused-ring (bicyclic) bond motifs is 1. The van der Waals surface area contributed by atoms with Crippen LogP contribution in [0.3, 0.4) is 0 Å². The number of carbonyl (C=O) groups is 1. The van der Waals surface area contributed by atoms with E-state index in [2.05, 4.69) is 47.7 Å². The molecule has 2 saturated heterocycles. The summed E-state index contributed by atoms with van der Waals surface area (Å²) in [4.78, 5) is 17.0. The van der Waals surface area contributed by atoms with Crippen molar-refractivity contribution < 1.29 is 9.53 Å². The molecule has 4 rings (SSSR count). The van der Waals surface area contributed by atoms with Gasteiger partial charge in [-0.3, -0.25) is 9.69 Å². The second kappa shape index (κ2) is 7.88. The zero-order valence-corrected chi connectivity index (χ0v) is 17.5. The zero-order valence-electron chi connectivity index (χ0n) is 17.5. The molecule has 5 nitrogen and oxygen atoms in total. The minimum absolute atomic E-state index is 0.251. The number of hydrogen-bond acceptors (Lipinski definition) is 3. The number of rotatable bonds is 5. The van der Waals surface area contributed by atoms with Gasteiger partial charge in [-0.25, -0.2) is 0 Å². The quantitative estimate of drug-likeness (QED) is 0.795. The van der Waals surface area contributed by atoms with Crippen LogP contribution >= 0.6 is 0 Å². The smallest absolute Gasteiger partial charge is 0.222 e. The van der Waals surface area contributed by atoms with Gasteiger partial charge in [-0.05, 0) is 50.9 Å². The van der Waals surface area contributed by atoms with Gasteiger partial charge in [-0.2, -0.15) is 0 Å². The molecule has 2 aromatic rings. The molecule has 1 spiro atoms. The van der Waals surface area contributed by atoms with Gasteiger partial charge in [0.1, 0.15) is 0 Å². The van der Waals surface area contributed by atoms with E-state index in [1.165, 1.54) is 35.0 Å². The number of nitrogens with zero attached hydrogens (tertiary/aromatic N) is 3. The van der Waals surface area contributed by atoms with Crippen LogP contribution in [0, 0.1) is 12.3 Å². The maximum absolute atomic E-state index is 12.3. The molecule has 1 atom stereocenters. The molecule has 28 heavy (non-hydrogen) atoms. The lowest BCUT2D eigenvalue weighted by molar-refractivity contribution is -0.140. The number of methoxy groups -OCH3 is 1. The first-order valence-corrected chi connectivity index (χ1v) is 10.5. The minimum Gasteiger partial charge on any atom is -0.383 e.